The van der Waals surface area contributed by atoms with Gasteiger partial charge in [0.05, 0.1) is 4.90 Å². The Kier molecular flexibility index (Phi) is 9.18. The number of aliphatic carboxylic acids is 1. The van der Waals surface area contributed by atoms with Crippen LogP contribution >= 0.6 is 15.9 Å². The average molecular weight is 472 g/mol. The molecule has 0 amide bonds. The summed E-state index contributed by atoms with van der Waals surface area (Å²) in [4.78, 5) is 10.9. The van der Waals surface area contributed by atoms with Gasteiger partial charge in [0.25, 0.3) is 0 Å². The van der Waals surface area contributed by atoms with E-state index in [1.54, 1.807) is 24.3 Å². The van der Waals surface area contributed by atoms with Gasteiger partial charge in [0, 0.05) is 17.4 Å². The number of nitrogens with one attached hydrogen (secondary N) is 1. The van der Waals surface area contributed by atoms with Crippen molar-refractivity contribution in [2.45, 2.75) is 69.1 Å². The van der Waals surface area contributed by atoms with Gasteiger partial charge in [-0.25, -0.2) is 13.1 Å². The largest absolute Gasteiger partial charge is 0.481 e. The Morgan fingerprint density at radius 1 is 1.14 bits per heavy atom. The second-order valence-corrected chi connectivity index (χ2v) is 10.3. The molecular weight excluding hydrogens is 442 g/mol. The Balaban J connectivity index is 1.88. The molecule has 1 aliphatic carbocycles. The third kappa shape index (κ3) is 7.68. The topological polar surface area (TPSA) is 83.5 Å². The smallest absolute Gasteiger partial charge is 0.303 e. The van der Waals surface area contributed by atoms with E-state index in [1.807, 2.05) is 0 Å². The van der Waals surface area contributed by atoms with Gasteiger partial charge in [0.1, 0.15) is 0 Å². The van der Waals surface area contributed by atoms with Crippen molar-refractivity contribution in [1.82, 2.24) is 4.72 Å². The molecule has 0 unspecified atom stereocenters. The summed E-state index contributed by atoms with van der Waals surface area (Å²) in [6, 6.07) is 6.66. The zero-order chi connectivity index (χ0) is 20.5. The van der Waals surface area contributed by atoms with E-state index in [4.69, 9.17) is 5.11 Å². The molecule has 0 heterocycles. The lowest BCUT2D eigenvalue weighted by molar-refractivity contribution is -0.137. The summed E-state index contributed by atoms with van der Waals surface area (Å²) in [5, 5.41) is 8.69. The SMILES string of the molecule is O=C(O)CCC/C=C\CC1(CCNS(=O)(=O)c2ccc(Br)cc2)CCCCC1. The van der Waals surface area contributed by atoms with E-state index in [0.717, 1.165) is 36.6 Å². The molecule has 0 aliphatic heterocycles. The van der Waals surface area contributed by atoms with Crippen LogP contribution in [0.15, 0.2) is 45.8 Å². The molecular formula is C21H30BrNO4S. The molecule has 1 saturated carbocycles. The number of carbonyl (C=O) groups is 1. The van der Waals surface area contributed by atoms with Crippen LogP contribution in [-0.4, -0.2) is 26.0 Å². The van der Waals surface area contributed by atoms with Crippen LogP contribution in [0.3, 0.4) is 0 Å². The molecule has 2 N–H and O–H groups in total. The normalized spacial score (nSPS) is 17.0. The first-order valence-corrected chi connectivity index (χ1v) is 12.2. The minimum Gasteiger partial charge on any atom is -0.481 e. The maximum absolute atomic E-state index is 12.5. The van der Waals surface area contributed by atoms with E-state index in [-0.39, 0.29) is 16.7 Å². The minimum atomic E-state index is -3.49. The molecule has 2 rings (SSSR count). The van der Waals surface area contributed by atoms with Gasteiger partial charge in [-0.1, -0.05) is 47.3 Å². The maximum atomic E-state index is 12.5. The second-order valence-electron chi connectivity index (χ2n) is 7.62. The molecule has 7 heteroatoms. The first kappa shape index (κ1) is 23.1. The number of benzene rings is 1. The lowest BCUT2D eigenvalue weighted by Gasteiger charge is -2.37. The number of sulfonamides is 1. The third-order valence-electron chi connectivity index (χ3n) is 5.46. The zero-order valence-corrected chi connectivity index (χ0v) is 18.6. The molecule has 0 radical (unpaired) electrons. The van der Waals surface area contributed by atoms with Crippen molar-refractivity contribution in [3.8, 4) is 0 Å². The molecule has 0 saturated heterocycles. The first-order valence-electron chi connectivity index (χ1n) is 9.95. The van der Waals surface area contributed by atoms with E-state index in [1.165, 1.54) is 19.3 Å². The van der Waals surface area contributed by atoms with Crippen molar-refractivity contribution in [3.05, 3.63) is 40.9 Å². The Hall–Kier alpha value is -1.18. The second kappa shape index (κ2) is 11.1. The molecule has 1 aromatic rings. The van der Waals surface area contributed by atoms with Gasteiger partial charge in [0.15, 0.2) is 0 Å². The lowest BCUT2D eigenvalue weighted by Crippen LogP contribution is -2.32. The monoisotopic (exact) mass is 471 g/mol. The van der Waals surface area contributed by atoms with Gasteiger partial charge in [-0.2, -0.15) is 0 Å². The fraction of sp³-hybridized carbons (Fsp3) is 0.571. The number of rotatable bonds is 11. The number of allylic oxidation sites excluding steroid dienone is 2. The molecule has 156 valence electrons. The minimum absolute atomic E-state index is 0.143. The summed E-state index contributed by atoms with van der Waals surface area (Å²) in [6.45, 7) is 0.436. The average Bonchev–Trinajstić information content (AvgIpc) is 2.65. The van der Waals surface area contributed by atoms with Gasteiger partial charge in [-0.05, 0) is 68.2 Å². The summed E-state index contributed by atoms with van der Waals surface area (Å²) >= 11 is 3.32. The Labute approximate surface area is 176 Å². The fourth-order valence-electron chi connectivity index (χ4n) is 3.83. The first-order chi connectivity index (χ1) is 13.3. The van der Waals surface area contributed by atoms with Crippen LogP contribution < -0.4 is 4.72 Å². The number of halogens is 1. The van der Waals surface area contributed by atoms with Crippen molar-refractivity contribution in [2.24, 2.45) is 5.41 Å². The van der Waals surface area contributed by atoms with Gasteiger partial charge in [-0.15, -0.1) is 0 Å². The maximum Gasteiger partial charge on any atom is 0.303 e. The lowest BCUT2D eigenvalue weighted by atomic mass is 9.69. The third-order valence-corrected chi connectivity index (χ3v) is 7.47. The number of hydrogen-bond acceptors (Lipinski definition) is 3. The van der Waals surface area contributed by atoms with Gasteiger partial charge >= 0.3 is 5.97 Å². The molecule has 0 atom stereocenters. The molecule has 1 aliphatic rings. The summed E-state index contributed by atoms with van der Waals surface area (Å²) in [7, 11) is -3.49. The van der Waals surface area contributed by atoms with Crippen LogP contribution in [-0.2, 0) is 14.8 Å². The predicted molar refractivity (Wildman–Crippen MR) is 115 cm³/mol. The standard InChI is InChI=1S/C21H30BrNO4S/c22-18-9-11-19(12-10-18)28(26,27)23-17-16-21(14-6-3-7-15-21)13-5-2-1-4-8-20(24)25/h2,5,9-12,23H,1,3-4,6-8,13-17H2,(H,24,25)/b5-2-. The van der Waals surface area contributed by atoms with Crippen LogP contribution in [0, 0.1) is 5.41 Å². The van der Waals surface area contributed by atoms with Gasteiger partial charge in [-0.3, -0.25) is 4.79 Å². The van der Waals surface area contributed by atoms with Crippen molar-refractivity contribution in [1.29, 1.82) is 0 Å². The Morgan fingerprint density at radius 2 is 1.82 bits per heavy atom. The van der Waals surface area contributed by atoms with Gasteiger partial charge in [0.2, 0.25) is 10.0 Å². The predicted octanol–water partition coefficient (Wildman–Crippen LogP) is 5.27. The highest BCUT2D eigenvalue weighted by Crippen LogP contribution is 2.42. The molecule has 0 spiro atoms. The highest BCUT2D eigenvalue weighted by molar-refractivity contribution is 9.10. The Bertz CT molecular complexity index is 753. The van der Waals surface area contributed by atoms with E-state index in [2.05, 4.69) is 32.8 Å². The fourth-order valence-corrected chi connectivity index (χ4v) is 5.12. The van der Waals surface area contributed by atoms with Crippen LogP contribution in [0.1, 0.15) is 64.2 Å². The summed E-state index contributed by atoms with van der Waals surface area (Å²) in [5.41, 5.74) is 0.143. The molecule has 1 fully saturated rings. The van der Waals surface area contributed by atoms with Crippen LogP contribution in [0.25, 0.3) is 0 Å². The Morgan fingerprint density at radius 3 is 2.46 bits per heavy atom. The zero-order valence-electron chi connectivity index (χ0n) is 16.2. The van der Waals surface area contributed by atoms with E-state index in [0.29, 0.717) is 13.0 Å². The highest BCUT2D eigenvalue weighted by Gasteiger charge is 2.30. The van der Waals surface area contributed by atoms with E-state index in [9.17, 15) is 13.2 Å². The number of unbranched alkanes of at least 4 members (excludes halogenated alkanes) is 1. The van der Waals surface area contributed by atoms with Crippen molar-refractivity contribution < 1.29 is 18.3 Å². The summed E-state index contributed by atoms with van der Waals surface area (Å²) < 4.78 is 28.6. The number of carboxylic acid groups (broad SMARTS) is 1. The molecule has 28 heavy (non-hydrogen) atoms. The quantitative estimate of drug-likeness (QED) is 0.340. The highest BCUT2D eigenvalue weighted by atomic mass is 79.9. The summed E-state index contributed by atoms with van der Waals surface area (Å²) in [6.07, 6.45) is 13.5. The van der Waals surface area contributed by atoms with Crippen molar-refractivity contribution >= 4 is 31.9 Å². The number of carboxylic acids is 1. The van der Waals surface area contributed by atoms with Crippen molar-refractivity contribution in [3.63, 3.8) is 0 Å². The molecule has 5 nitrogen and oxygen atoms in total. The van der Waals surface area contributed by atoms with Crippen LogP contribution in [0.5, 0.6) is 0 Å². The van der Waals surface area contributed by atoms with E-state index < -0.39 is 16.0 Å². The van der Waals surface area contributed by atoms with Crippen molar-refractivity contribution in [2.75, 3.05) is 6.54 Å². The van der Waals surface area contributed by atoms with Crippen LogP contribution in [0.2, 0.25) is 0 Å². The summed E-state index contributed by atoms with van der Waals surface area (Å²) in [5.74, 6) is -0.754. The molecule has 0 aromatic heterocycles. The number of hydrogen-bond donors (Lipinski definition) is 2. The molecule has 1 aromatic carbocycles. The van der Waals surface area contributed by atoms with Crippen LogP contribution in [0.4, 0.5) is 0 Å². The van der Waals surface area contributed by atoms with Gasteiger partial charge < -0.3 is 5.11 Å². The molecule has 0 bridgehead atoms. The van der Waals surface area contributed by atoms with E-state index >= 15 is 0 Å².